The predicted molar refractivity (Wildman–Crippen MR) is 112 cm³/mol. The van der Waals surface area contributed by atoms with Crippen LogP contribution in [0.1, 0.15) is 77.6 Å². The smallest absolute Gasteiger partial charge is 0.418 e. The van der Waals surface area contributed by atoms with E-state index in [4.69, 9.17) is 9.84 Å². The lowest BCUT2D eigenvalue weighted by Gasteiger charge is -2.20. The fourth-order valence-corrected chi connectivity index (χ4v) is 3.04. The van der Waals surface area contributed by atoms with Crippen LogP contribution in [-0.2, 0) is 9.59 Å². The molecule has 2 N–H and O–H groups in total. The van der Waals surface area contributed by atoms with Gasteiger partial charge in [0.1, 0.15) is 5.75 Å². The maximum Gasteiger partial charge on any atom is 0.418 e. The molecule has 0 saturated heterocycles. The number of rotatable bonds is 15. The molecule has 162 valence electrons. The van der Waals surface area contributed by atoms with Crippen molar-refractivity contribution in [1.29, 1.82) is 0 Å². The van der Waals surface area contributed by atoms with E-state index in [-0.39, 0.29) is 30.9 Å². The first-order chi connectivity index (χ1) is 14.0. The number of carboxylic acids is 1. The lowest BCUT2D eigenvalue weighted by atomic mass is 10.1. The van der Waals surface area contributed by atoms with E-state index in [1.807, 2.05) is 0 Å². The molecule has 29 heavy (non-hydrogen) atoms. The van der Waals surface area contributed by atoms with Crippen LogP contribution in [0.5, 0.6) is 5.75 Å². The standard InChI is InChI=1S/C22H33NO6/c1-2-3-4-5-6-7-8-9-15-20(24)23(22(27)28)18-13-10-11-14-19(18)29-17-12-16-21(25)26/h10-11,13-14H,2-9,12,15-17H2,1H3,(H,25,26)(H,27,28). The zero-order valence-electron chi connectivity index (χ0n) is 17.3. The second kappa shape index (κ2) is 14.4. The van der Waals surface area contributed by atoms with Crippen molar-refractivity contribution < 1.29 is 29.3 Å². The number of unbranched alkanes of at least 4 members (excludes halogenated alkanes) is 7. The molecule has 1 rings (SSSR count). The first-order valence-electron chi connectivity index (χ1n) is 10.5. The van der Waals surface area contributed by atoms with Gasteiger partial charge in [-0.05, 0) is 25.0 Å². The molecule has 0 radical (unpaired) electrons. The number of hydrogen-bond acceptors (Lipinski definition) is 4. The molecule has 0 bridgehead atoms. The minimum absolute atomic E-state index is 0.0395. The summed E-state index contributed by atoms with van der Waals surface area (Å²) in [5.74, 6) is -1.15. The summed E-state index contributed by atoms with van der Waals surface area (Å²) in [5.41, 5.74) is 0.167. The number of carboxylic acid groups (broad SMARTS) is 2. The van der Waals surface area contributed by atoms with E-state index in [9.17, 15) is 19.5 Å². The van der Waals surface area contributed by atoms with Gasteiger partial charge in [-0.3, -0.25) is 9.59 Å². The molecule has 0 saturated carbocycles. The molecule has 0 aliphatic heterocycles. The van der Waals surface area contributed by atoms with Crippen LogP contribution in [0.3, 0.4) is 0 Å². The fraction of sp³-hybridized carbons (Fsp3) is 0.591. The molecule has 0 heterocycles. The molecule has 1 aromatic rings. The van der Waals surface area contributed by atoms with Gasteiger partial charge in [-0.1, -0.05) is 64.0 Å². The molecule has 0 spiro atoms. The third-order valence-electron chi connectivity index (χ3n) is 4.58. The monoisotopic (exact) mass is 407 g/mol. The van der Waals surface area contributed by atoms with Crippen molar-refractivity contribution in [2.24, 2.45) is 0 Å². The molecular weight excluding hydrogens is 374 g/mol. The number of amides is 2. The second-order valence-corrected chi connectivity index (χ2v) is 7.05. The summed E-state index contributed by atoms with van der Waals surface area (Å²) in [4.78, 5) is 35.6. The van der Waals surface area contributed by atoms with Crippen molar-refractivity contribution in [3.8, 4) is 5.75 Å². The van der Waals surface area contributed by atoms with Crippen LogP contribution in [0.25, 0.3) is 0 Å². The van der Waals surface area contributed by atoms with Crippen LogP contribution in [0.4, 0.5) is 10.5 Å². The van der Waals surface area contributed by atoms with E-state index in [1.165, 1.54) is 31.7 Å². The van der Waals surface area contributed by atoms with Gasteiger partial charge in [0, 0.05) is 12.8 Å². The van der Waals surface area contributed by atoms with Crippen LogP contribution in [-0.4, -0.2) is 34.8 Å². The van der Waals surface area contributed by atoms with E-state index in [2.05, 4.69) is 6.92 Å². The first kappa shape index (κ1) is 24.5. The van der Waals surface area contributed by atoms with E-state index < -0.39 is 18.0 Å². The Morgan fingerprint density at radius 1 is 0.862 bits per heavy atom. The number of benzene rings is 1. The highest BCUT2D eigenvalue weighted by Gasteiger charge is 2.25. The van der Waals surface area contributed by atoms with Crippen molar-refractivity contribution in [2.75, 3.05) is 11.5 Å². The lowest BCUT2D eigenvalue weighted by molar-refractivity contribution is -0.137. The van der Waals surface area contributed by atoms with Gasteiger partial charge >= 0.3 is 12.1 Å². The number of imide groups is 1. The Morgan fingerprint density at radius 2 is 1.48 bits per heavy atom. The molecule has 1 aromatic carbocycles. The highest BCUT2D eigenvalue weighted by molar-refractivity contribution is 6.12. The molecule has 0 fully saturated rings. The Bertz CT molecular complexity index is 646. The maximum absolute atomic E-state index is 12.5. The quantitative estimate of drug-likeness (QED) is 0.374. The SMILES string of the molecule is CCCCCCCCCCC(=O)N(C(=O)O)c1ccccc1OCCCC(=O)O. The van der Waals surface area contributed by atoms with E-state index in [1.54, 1.807) is 18.2 Å². The Balaban J connectivity index is 2.57. The summed E-state index contributed by atoms with van der Waals surface area (Å²) < 4.78 is 5.54. The number of anilines is 1. The lowest BCUT2D eigenvalue weighted by Crippen LogP contribution is -2.36. The molecular formula is C22H33NO6. The number of carbonyl (C=O) groups excluding carboxylic acids is 1. The van der Waals surface area contributed by atoms with Crippen LogP contribution in [0.15, 0.2) is 24.3 Å². The Morgan fingerprint density at radius 3 is 2.10 bits per heavy atom. The Kier molecular flexibility index (Phi) is 12.2. The van der Waals surface area contributed by atoms with E-state index in [0.717, 1.165) is 24.2 Å². The normalized spacial score (nSPS) is 10.5. The van der Waals surface area contributed by atoms with Gasteiger partial charge in [0.15, 0.2) is 0 Å². The summed E-state index contributed by atoms with van der Waals surface area (Å²) in [6, 6.07) is 6.42. The zero-order chi connectivity index (χ0) is 21.5. The van der Waals surface area contributed by atoms with Gasteiger partial charge in [0.2, 0.25) is 5.91 Å². The number of ether oxygens (including phenoxy) is 1. The highest BCUT2D eigenvalue weighted by Crippen LogP contribution is 2.29. The van der Waals surface area contributed by atoms with Gasteiger partial charge in [0.05, 0.1) is 12.3 Å². The average molecular weight is 408 g/mol. The molecule has 0 atom stereocenters. The van der Waals surface area contributed by atoms with Crippen molar-refractivity contribution in [3.05, 3.63) is 24.3 Å². The van der Waals surface area contributed by atoms with Gasteiger partial charge in [-0.2, -0.15) is 0 Å². The fourth-order valence-electron chi connectivity index (χ4n) is 3.04. The third-order valence-corrected chi connectivity index (χ3v) is 4.58. The first-order valence-corrected chi connectivity index (χ1v) is 10.5. The minimum atomic E-state index is -1.35. The molecule has 2 amide bonds. The molecule has 0 aliphatic rings. The van der Waals surface area contributed by atoms with Gasteiger partial charge in [-0.15, -0.1) is 0 Å². The summed E-state index contributed by atoms with van der Waals surface area (Å²) in [6.07, 6.45) is 7.72. The number of aliphatic carboxylic acids is 1. The largest absolute Gasteiger partial charge is 0.491 e. The Labute approximate surface area is 172 Å². The number of hydrogen-bond donors (Lipinski definition) is 2. The molecule has 0 aliphatic carbocycles. The van der Waals surface area contributed by atoms with Crippen LogP contribution < -0.4 is 9.64 Å². The zero-order valence-corrected chi connectivity index (χ0v) is 17.3. The van der Waals surface area contributed by atoms with Crippen molar-refractivity contribution in [2.45, 2.75) is 77.6 Å². The number of para-hydroxylation sites is 2. The van der Waals surface area contributed by atoms with E-state index in [0.29, 0.717) is 12.8 Å². The van der Waals surface area contributed by atoms with Gasteiger partial charge in [-0.25, -0.2) is 9.69 Å². The van der Waals surface area contributed by atoms with Crippen molar-refractivity contribution in [3.63, 3.8) is 0 Å². The summed E-state index contributed by atoms with van der Waals surface area (Å²) >= 11 is 0. The average Bonchev–Trinajstić information content (AvgIpc) is 2.68. The van der Waals surface area contributed by atoms with Crippen LogP contribution in [0, 0.1) is 0 Å². The summed E-state index contributed by atoms with van der Waals surface area (Å²) in [5, 5.41) is 18.2. The molecule has 7 nitrogen and oxygen atoms in total. The topological polar surface area (TPSA) is 104 Å². The molecule has 0 unspecified atom stereocenters. The predicted octanol–water partition coefficient (Wildman–Crippen LogP) is 5.47. The van der Waals surface area contributed by atoms with Crippen LogP contribution in [0.2, 0.25) is 0 Å². The van der Waals surface area contributed by atoms with Gasteiger partial charge in [0.25, 0.3) is 0 Å². The molecule has 0 aromatic heterocycles. The summed E-state index contributed by atoms with van der Waals surface area (Å²) in [6.45, 7) is 2.31. The van der Waals surface area contributed by atoms with Crippen molar-refractivity contribution in [1.82, 2.24) is 0 Å². The van der Waals surface area contributed by atoms with Crippen LogP contribution >= 0.6 is 0 Å². The summed E-state index contributed by atoms with van der Waals surface area (Å²) in [7, 11) is 0. The second-order valence-electron chi connectivity index (χ2n) is 7.05. The number of carbonyl (C=O) groups is 3. The number of nitrogens with zero attached hydrogens (tertiary/aromatic N) is 1. The van der Waals surface area contributed by atoms with Gasteiger partial charge < -0.3 is 14.9 Å². The Hall–Kier alpha value is -2.57. The van der Waals surface area contributed by atoms with Crippen molar-refractivity contribution >= 4 is 23.7 Å². The third kappa shape index (κ3) is 9.96. The minimum Gasteiger partial charge on any atom is -0.491 e. The maximum atomic E-state index is 12.5. The highest BCUT2D eigenvalue weighted by atomic mass is 16.5. The van der Waals surface area contributed by atoms with E-state index >= 15 is 0 Å². The molecule has 7 heteroatoms.